The van der Waals surface area contributed by atoms with E-state index in [0.29, 0.717) is 16.3 Å². The van der Waals surface area contributed by atoms with Crippen molar-refractivity contribution in [1.29, 1.82) is 0 Å². The Bertz CT molecular complexity index is 1320. The van der Waals surface area contributed by atoms with E-state index in [4.69, 9.17) is 16.3 Å². The summed E-state index contributed by atoms with van der Waals surface area (Å²) in [5, 5.41) is 14.7. The van der Waals surface area contributed by atoms with Crippen molar-refractivity contribution in [3.05, 3.63) is 66.1 Å². The first kappa shape index (κ1) is 18.6. The molecular weight excluding hydrogens is 400 g/mol. The summed E-state index contributed by atoms with van der Waals surface area (Å²) in [6, 6.07) is 15.4. The van der Waals surface area contributed by atoms with Crippen LogP contribution in [0.15, 0.2) is 61.1 Å². The molecule has 0 fully saturated rings. The number of ether oxygens (including phenoxy) is 1. The van der Waals surface area contributed by atoms with Gasteiger partial charge in [0.15, 0.2) is 17.1 Å². The molecule has 0 saturated carbocycles. The van der Waals surface area contributed by atoms with Crippen molar-refractivity contribution in [3.8, 4) is 22.8 Å². The molecule has 0 amide bonds. The molecule has 5 aromatic rings. The van der Waals surface area contributed by atoms with Crippen LogP contribution in [0, 0.1) is 0 Å². The largest absolute Gasteiger partial charge is 0.494 e. The van der Waals surface area contributed by atoms with E-state index in [9.17, 15) is 0 Å². The van der Waals surface area contributed by atoms with Crippen LogP contribution in [0.5, 0.6) is 5.75 Å². The number of hydrogen-bond donors (Lipinski definition) is 0. The fraction of sp³-hybridized carbons (Fsp3) is 0.182. The predicted octanol–water partition coefficient (Wildman–Crippen LogP) is 4.96. The molecule has 0 spiro atoms. The predicted molar refractivity (Wildman–Crippen MR) is 116 cm³/mol. The van der Waals surface area contributed by atoms with E-state index in [2.05, 4.69) is 27.2 Å². The third-order valence-corrected chi connectivity index (χ3v) is 5.14. The molecule has 3 heterocycles. The molecule has 30 heavy (non-hydrogen) atoms. The van der Waals surface area contributed by atoms with Crippen LogP contribution in [0.25, 0.3) is 33.8 Å². The van der Waals surface area contributed by atoms with E-state index >= 15 is 0 Å². The lowest BCUT2D eigenvalue weighted by Crippen LogP contribution is -1.99. The van der Waals surface area contributed by atoms with Crippen molar-refractivity contribution < 1.29 is 4.74 Å². The zero-order valence-electron chi connectivity index (χ0n) is 16.4. The van der Waals surface area contributed by atoms with Gasteiger partial charge in [0.05, 0.1) is 23.9 Å². The Hall–Kier alpha value is -3.45. The molecule has 0 unspecified atom stereocenters. The van der Waals surface area contributed by atoms with E-state index in [-0.39, 0.29) is 0 Å². The Kier molecular flexibility index (Phi) is 4.80. The van der Waals surface area contributed by atoms with Crippen LogP contribution in [-0.4, -0.2) is 36.0 Å². The van der Waals surface area contributed by atoms with Gasteiger partial charge in [0.2, 0.25) is 0 Å². The third kappa shape index (κ3) is 3.27. The Morgan fingerprint density at radius 2 is 1.90 bits per heavy atom. The highest BCUT2D eigenvalue weighted by atomic mass is 35.5. The lowest BCUT2D eigenvalue weighted by molar-refractivity contribution is 0.309. The van der Waals surface area contributed by atoms with Gasteiger partial charge in [-0.25, -0.2) is 9.67 Å². The molecule has 0 bridgehead atoms. The monoisotopic (exact) mass is 418 g/mol. The van der Waals surface area contributed by atoms with Gasteiger partial charge in [-0.15, -0.1) is 10.2 Å². The highest BCUT2D eigenvalue weighted by molar-refractivity contribution is 6.30. The van der Waals surface area contributed by atoms with E-state index in [1.807, 2.05) is 52.9 Å². The van der Waals surface area contributed by atoms with Gasteiger partial charge in [0.25, 0.3) is 0 Å². The molecule has 8 heteroatoms. The SMILES string of the molecule is CCCCOc1ccc(-c2nnc3c4cnn(-c5cccc(Cl)c5)c4ncn23)cc1. The van der Waals surface area contributed by atoms with Gasteiger partial charge >= 0.3 is 0 Å². The minimum Gasteiger partial charge on any atom is -0.494 e. The van der Waals surface area contributed by atoms with Crippen LogP contribution >= 0.6 is 11.6 Å². The van der Waals surface area contributed by atoms with Crippen molar-refractivity contribution in [2.75, 3.05) is 6.61 Å². The average molecular weight is 419 g/mol. The number of hydrogen-bond acceptors (Lipinski definition) is 5. The zero-order chi connectivity index (χ0) is 20.5. The first-order chi connectivity index (χ1) is 14.7. The molecule has 0 aliphatic carbocycles. The minimum atomic E-state index is 0.643. The fourth-order valence-corrected chi connectivity index (χ4v) is 3.53. The Morgan fingerprint density at radius 1 is 1.03 bits per heavy atom. The highest BCUT2D eigenvalue weighted by Gasteiger charge is 2.15. The van der Waals surface area contributed by atoms with Gasteiger partial charge in [-0.3, -0.25) is 4.40 Å². The topological polar surface area (TPSA) is 70.1 Å². The molecule has 2 aromatic carbocycles. The summed E-state index contributed by atoms with van der Waals surface area (Å²) in [5.41, 5.74) is 3.18. The molecule has 0 saturated heterocycles. The number of benzene rings is 2. The van der Waals surface area contributed by atoms with E-state index < -0.39 is 0 Å². The summed E-state index contributed by atoms with van der Waals surface area (Å²) in [6.45, 7) is 2.87. The number of unbranched alkanes of at least 4 members (excludes halogenated alkanes) is 1. The first-order valence-electron chi connectivity index (χ1n) is 9.81. The lowest BCUT2D eigenvalue weighted by Gasteiger charge is -2.06. The maximum atomic E-state index is 6.13. The Morgan fingerprint density at radius 3 is 2.70 bits per heavy atom. The molecule has 0 atom stereocenters. The molecule has 150 valence electrons. The van der Waals surface area contributed by atoms with Crippen molar-refractivity contribution in [1.82, 2.24) is 29.4 Å². The summed E-state index contributed by atoms with van der Waals surface area (Å²) >= 11 is 6.13. The maximum absolute atomic E-state index is 6.13. The number of halogens is 1. The van der Waals surface area contributed by atoms with Crippen LogP contribution in [0.2, 0.25) is 5.02 Å². The number of rotatable bonds is 6. The Balaban J connectivity index is 1.52. The van der Waals surface area contributed by atoms with Gasteiger partial charge in [-0.05, 0) is 48.9 Å². The van der Waals surface area contributed by atoms with Gasteiger partial charge in [-0.1, -0.05) is 31.0 Å². The summed E-state index contributed by atoms with van der Waals surface area (Å²) in [6.07, 6.45) is 5.63. The summed E-state index contributed by atoms with van der Waals surface area (Å²) in [7, 11) is 0. The molecule has 0 aliphatic rings. The van der Waals surface area contributed by atoms with Gasteiger partial charge in [0.1, 0.15) is 12.1 Å². The van der Waals surface area contributed by atoms with Crippen LogP contribution < -0.4 is 4.74 Å². The molecular formula is C22H19ClN6O. The molecule has 0 aliphatic heterocycles. The van der Waals surface area contributed by atoms with Crippen molar-refractivity contribution in [3.63, 3.8) is 0 Å². The summed E-state index contributed by atoms with van der Waals surface area (Å²) in [5.74, 6) is 1.57. The van der Waals surface area contributed by atoms with Crippen molar-refractivity contribution in [2.45, 2.75) is 19.8 Å². The van der Waals surface area contributed by atoms with Crippen LogP contribution in [0.4, 0.5) is 0 Å². The highest BCUT2D eigenvalue weighted by Crippen LogP contribution is 2.26. The van der Waals surface area contributed by atoms with Crippen molar-refractivity contribution >= 4 is 28.3 Å². The van der Waals surface area contributed by atoms with Crippen LogP contribution in [0.1, 0.15) is 19.8 Å². The second kappa shape index (κ2) is 7.76. The normalized spacial score (nSPS) is 11.4. The van der Waals surface area contributed by atoms with Crippen LogP contribution in [-0.2, 0) is 0 Å². The number of nitrogens with zero attached hydrogens (tertiary/aromatic N) is 6. The number of fused-ring (bicyclic) bond motifs is 3. The lowest BCUT2D eigenvalue weighted by atomic mass is 10.2. The van der Waals surface area contributed by atoms with E-state index in [1.54, 1.807) is 17.2 Å². The minimum absolute atomic E-state index is 0.643. The quantitative estimate of drug-likeness (QED) is 0.364. The summed E-state index contributed by atoms with van der Waals surface area (Å²) in [4.78, 5) is 4.62. The third-order valence-electron chi connectivity index (χ3n) is 4.91. The fourth-order valence-electron chi connectivity index (χ4n) is 3.35. The second-order valence-corrected chi connectivity index (χ2v) is 7.40. The molecule has 3 aromatic heterocycles. The average Bonchev–Trinajstić information content (AvgIpc) is 3.38. The molecule has 0 N–H and O–H groups in total. The Labute approximate surface area is 177 Å². The second-order valence-electron chi connectivity index (χ2n) is 6.96. The molecule has 5 rings (SSSR count). The summed E-state index contributed by atoms with van der Waals surface area (Å²) < 4.78 is 9.36. The first-order valence-corrected chi connectivity index (χ1v) is 10.2. The standard InChI is InChI=1S/C22H19ClN6O/c1-2-3-11-30-18-9-7-15(8-10-18)20-26-27-22-19-13-25-29(21(19)24-14-28(20)22)17-6-4-5-16(23)12-17/h4-10,12-14H,2-3,11H2,1H3. The maximum Gasteiger partial charge on any atom is 0.175 e. The van der Waals surface area contributed by atoms with Gasteiger partial charge < -0.3 is 4.74 Å². The smallest absolute Gasteiger partial charge is 0.175 e. The molecule has 0 radical (unpaired) electrons. The van der Waals surface area contributed by atoms with E-state index in [1.165, 1.54) is 0 Å². The zero-order valence-corrected chi connectivity index (χ0v) is 17.1. The van der Waals surface area contributed by atoms with Crippen molar-refractivity contribution in [2.24, 2.45) is 0 Å². The van der Waals surface area contributed by atoms with Gasteiger partial charge in [-0.2, -0.15) is 5.10 Å². The molecule has 7 nitrogen and oxygen atoms in total. The van der Waals surface area contributed by atoms with E-state index in [0.717, 1.165) is 47.7 Å². The van der Waals surface area contributed by atoms with Crippen LogP contribution in [0.3, 0.4) is 0 Å². The number of aromatic nitrogens is 6. The van der Waals surface area contributed by atoms with Gasteiger partial charge in [0, 0.05) is 10.6 Å².